The van der Waals surface area contributed by atoms with Gasteiger partial charge in [-0.3, -0.25) is 4.79 Å². The molecule has 0 aliphatic carbocycles. The predicted octanol–water partition coefficient (Wildman–Crippen LogP) is 4.24. The summed E-state index contributed by atoms with van der Waals surface area (Å²) in [4.78, 5) is 15.1. The third-order valence-electron chi connectivity index (χ3n) is 3.10. The van der Waals surface area contributed by atoms with E-state index in [0.717, 1.165) is 16.5 Å². The number of carbonyl (C=O) groups is 1. The second kappa shape index (κ2) is 6.22. The second-order valence-corrected chi connectivity index (χ2v) is 5.48. The maximum Gasteiger partial charge on any atom is 0.287 e. The van der Waals surface area contributed by atoms with Gasteiger partial charge >= 0.3 is 0 Å². The molecule has 2 N–H and O–H groups in total. The summed E-state index contributed by atoms with van der Waals surface area (Å²) < 4.78 is 0. The van der Waals surface area contributed by atoms with Crippen molar-refractivity contribution in [3.8, 4) is 0 Å². The Morgan fingerprint density at radius 2 is 1.95 bits per heavy atom. The van der Waals surface area contributed by atoms with Gasteiger partial charge in [-0.15, -0.1) is 0 Å². The van der Waals surface area contributed by atoms with E-state index in [1.54, 1.807) is 24.3 Å². The number of aromatic nitrogens is 1. The number of amides is 1. The fourth-order valence-corrected chi connectivity index (χ4v) is 2.39. The Morgan fingerprint density at radius 1 is 1.14 bits per heavy atom. The number of H-pyrrole nitrogens is 1. The molecule has 2 aromatic carbocycles. The summed E-state index contributed by atoms with van der Waals surface area (Å²) in [5.41, 5.74) is 4.44. The Bertz CT molecular complexity index is 871. The van der Waals surface area contributed by atoms with Crippen molar-refractivity contribution in [2.75, 3.05) is 0 Å². The fourth-order valence-electron chi connectivity index (χ4n) is 2.03. The molecular formula is C16H11Cl2N3O. The van der Waals surface area contributed by atoms with E-state index in [4.69, 9.17) is 23.2 Å². The minimum Gasteiger partial charge on any atom is -0.350 e. The van der Waals surface area contributed by atoms with E-state index in [1.807, 2.05) is 24.3 Å². The Morgan fingerprint density at radius 3 is 2.77 bits per heavy atom. The molecule has 0 aliphatic heterocycles. The Kier molecular flexibility index (Phi) is 4.13. The lowest BCUT2D eigenvalue weighted by Gasteiger charge is -1.98. The first-order chi connectivity index (χ1) is 10.6. The number of aromatic amines is 1. The van der Waals surface area contributed by atoms with E-state index in [9.17, 15) is 4.79 Å². The van der Waals surface area contributed by atoms with Crippen LogP contribution in [-0.4, -0.2) is 17.1 Å². The van der Waals surface area contributed by atoms with Gasteiger partial charge < -0.3 is 4.98 Å². The Balaban J connectivity index is 1.75. The molecule has 1 heterocycles. The quantitative estimate of drug-likeness (QED) is 0.547. The second-order valence-electron chi connectivity index (χ2n) is 4.64. The van der Waals surface area contributed by atoms with E-state index >= 15 is 0 Å². The molecule has 1 aromatic heterocycles. The van der Waals surface area contributed by atoms with Gasteiger partial charge in [0.1, 0.15) is 5.69 Å². The molecule has 0 atom stereocenters. The van der Waals surface area contributed by atoms with Crippen molar-refractivity contribution in [2.45, 2.75) is 0 Å². The number of hydrazone groups is 1. The number of hydrogen-bond acceptors (Lipinski definition) is 2. The van der Waals surface area contributed by atoms with Crippen LogP contribution in [0.15, 0.2) is 53.6 Å². The molecule has 0 bridgehead atoms. The normalized spacial score (nSPS) is 11.2. The molecular weight excluding hydrogens is 321 g/mol. The van der Waals surface area contributed by atoms with Crippen LogP contribution in [0, 0.1) is 0 Å². The molecule has 3 rings (SSSR count). The summed E-state index contributed by atoms with van der Waals surface area (Å²) in [6.07, 6.45) is 1.50. The highest BCUT2D eigenvalue weighted by Gasteiger charge is 2.08. The number of halogens is 2. The van der Waals surface area contributed by atoms with Crippen LogP contribution in [0.4, 0.5) is 0 Å². The van der Waals surface area contributed by atoms with Crippen molar-refractivity contribution in [3.05, 3.63) is 69.8 Å². The number of nitrogens with zero attached hydrogens (tertiary/aromatic N) is 1. The summed E-state index contributed by atoms with van der Waals surface area (Å²) in [7, 11) is 0. The summed E-state index contributed by atoms with van der Waals surface area (Å²) in [6.45, 7) is 0. The highest BCUT2D eigenvalue weighted by Crippen LogP contribution is 2.20. The molecule has 22 heavy (non-hydrogen) atoms. The zero-order valence-corrected chi connectivity index (χ0v) is 12.8. The number of carbonyl (C=O) groups excluding carboxylic acids is 1. The standard InChI is InChI=1S/C16H11Cl2N3O/c17-12-5-6-14-11(7-12)8-15(20-14)16(22)21-19-9-10-3-1-2-4-13(10)18/h1-9,20H,(H,21,22)/b19-9+. The van der Waals surface area contributed by atoms with Gasteiger partial charge in [0.05, 0.1) is 6.21 Å². The van der Waals surface area contributed by atoms with Gasteiger partial charge in [0.2, 0.25) is 0 Å². The maximum atomic E-state index is 12.1. The molecule has 0 fully saturated rings. The summed E-state index contributed by atoms with van der Waals surface area (Å²) in [6, 6.07) is 14.3. The van der Waals surface area contributed by atoms with Crippen LogP contribution in [0.5, 0.6) is 0 Å². The van der Waals surface area contributed by atoms with Crippen LogP contribution in [0.1, 0.15) is 16.1 Å². The highest BCUT2D eigenvalue weighted by atomic mass is 35.5. The van der Waals surface area contributed by atoms with E-state index < -0.39 is 0 Å². The highest BCUT2D eigenvalue weighted by molar-refractivity contribution is 6.33. The van der Waals surface area contributed by atoms with E-state index in [0.29, 0.717) is 15.7 Å². The number of nitrogens with one attached hydrogen (secondary N) is 2. The molecule has 110 valence electrons. The molecule has 6 heteroatoms. The Hall–Kier alpha value is -2.30. The van der Waals surface area contributed by atoms with Crippen molar-refractivity contribution in [1.82, 2.24) is 10.4 Å². The summed E-state index contributed by atoms with van der Waals surface area (Å²) >= 11 is 11.9. The summed E-state index contributed by atoms with van der Waals surface area (Å²) in [5, 5.41) is 5.97. The van der Waals surface area contributed by atoms with Gasteiger partial charge in [0.15, 0.2) is 0 Å². The molecule has 3 aromatic rings. The van der Waals surface area contributed by atoms with Crippen molar-refractivity contribution in [1.29, 1.82) is 0 Å². The lowest BCUT2D eigenvalue weighted by molar-refractivity contribution is 0.0951. The van der Waals surface area contributed by atoms with Crippen molar-refractivity contribution in [3.63, 3.8) is 0 Å². The SMILES string of the molecule is O=C(N/N=C/c1ccccc1Cl)c1cc2cc(Cl)ccc2[nH]1. The first-order valence-corrected chi connectivity index (χ1v) is 7.25. The van der Waals surface area contributed by atoms with Crippen molar-refractivity contribution >= 4 is 46.2 Å². The number of hydrogen-bond donors (Lipinski definition) is 2. The third-order valence-corrected chi connectivity index (χ3v) is 3.68. The topological polar surface area (TPSA) is 57.2 Å². The smallest absolute Gasteiger partial charge is 0.287 e. The minimum absolute atomic E-state index is 0.337. The van der Waals surface area contributed by atoms with Crippen LogP contribution < -0.4 is 5.43 Å². The van der Waals surface area contributed by atoms with Crippen LogP contribution in [0.3, 0.4) is 0 Å². The van der Waals surface area contributed by atoms with Gasteiger partial charge in [-0.1, -0.05) is 41.4 Å². The minimum atomic E-state index is -0.337. The van der Waals surface area contributed by atoms with Gasteiger partial charge in [-0.2, -0.15) is 5.10 Å². The first kappa shape index (κ1) is 14.6. The first-order valence-electron chi connectivity index (χ1n) is 6.50. The van der Waals surface area contributed by atoms with E-state index in [2.05, 4.69) is 15.5 Å². The maximum absolute atomic E-state index is 12.1. The van der Waals surface area contributed by atoms with Gasteiger partial charge in [0.25, 0.3) is 5.91 Å². The third kappa shape index (κ3) is 3.13. The zero-order chi connectivity index (χ0) is 15.5. The monoisotopic (exact) mass is 331 g/mol. The molecule has 0 unspecified atom stereocenters. The molecule has 0 spiro atoms. The average Bonchev–Trinajstić information content (AvgIpc) is 2.92. The number of rotatable bonds is 3. The largest absolute Gasteiger partial charge is 0.350 e. The van der Waals surface area contributed by atoms with Crippen molar-refractivity contribution in [2.24, 2.45) is 5.10 Å². The molecule has 1 amide bonds. The van der Waals surface area contributed by atoms with E-state index in [1.165, 1.54) is 6.21 Å². The van der Waals surface area contributed by atoms with Gasteiger partial charge in [-0.05, 0) is 30.3 Å². The molecule has 0 saturated heterocycles. The molecule has 0 saturated carbocycles. The number of benzene rings is 2. The van der Waals surface area contributed by atoms with Gasteiger partial charge in [0, 0.05) is 26.5 Å². The lowest BCUT2D eigenvalue weighted by Crippen LogP contribution is -2.17. The molecule has 0 aliphatic rings. The van der Waals surface area contributed by atoms with Crippen LogP contribution >= 0.6 is 23.2 Å². The zero-order valence-electron chi connectivity index (χ0n) is 11.3. The molecule has 0 radical (unpaired) electrons. The van der Waals surface area contributed by atoms with Crippen molar-refractivity contribution < 1.29 is 4.79 Å². The lowest BCUT2D eigenvalue weighted by atomic mass is 10.2. The van der Waals surface area contributed by atoms with Gasteiger partial charge in [-0.25, -0.2) is 5.43 Å². The fraction of sp³-hybridized carbons (Fsp3) is 0. The van der Waals surface area contributed by atoms with E-state index in [-0.39, 0.29) is 5.91 Å². The van der Waals surface area contributed by atoms with Crippen LogP contribution in [-0.2, 0) is 0 Å². The number of fused-ring (bicyclic) bond motifs is 1. The van der Waals surface area contributed by atoms with Crippen LogP contribution in [0.25, 0.3) is 10.9 Å². The Labute approximate surface area is 136 Å². The summed E-state index contributed by atoms with van der Waals surface area (Å²) in [5.74, 6) is -0.337. The average molecular weight is 332 g/mol. The predicted molar refractivity (Wildman–Crippen MR) is 89.8 cm³/mol. The van der Waals surface area contributed by atoms with Crippen LogP contribution in [0.2, 0.25) is 10.0 Å². The molecule has 4 nitrogen and oxygen atoms in total.